The molecule has 0 bridgehead atoms. The van der Waals surface area contributed by atoms with Gasteiger partial charge in [0.05, 0.1) is 19.3 Å². The molecule has 3 N–H and O–H groups in total. The van der Waals surface area contributed by atoms with Gasteiger partial charge in [-0.15, -0.1) is 0 Å². The Hall–Kier alpha value is -2.90. The molecule has 2 aromatic carbocycles. The van der Waals surface area contributed by atoms with Crippen molar-refractivity contribution in [1.82, 2.24) is 15.5 Å². The van der Waals surface area contributed by atoms with E-state index in [-0.39, 0.29) is 18.2 Å². The SMILES string of the molecule is CCCN(CCC)C(=O)CCCC(=O)N[C@H](Cc1ccc(C)cc1)[C@@H](O)CNCc1cccc(OC)c1. The number of aliphatic hydroxyl groups is 1. The normalized spacial score (nSPS) is 12.6. The Kier molecular flexibility index (Phi) is 13.7. The number of hydrogen-bond acceptors (Lipinski definition) is 5. The fraction of sp³-hybridized carbons (Fsp3) is 0.533. The molecular weight excluding hydrogens is 466 g/mol. The molecule has 0 aliphatic carbocycles. The molecule has 0 saturated heterocycles. The first-order valence-electron chi connectivity index (χ1n) is 13.5. The quantitative estimate of drug-likeness (QED) is 0.299. The summed E-state index contributed by atoms with van der Waals surface area (Å²) in [5.41, 5.74) is 3.26. The van der Waals surface area contributed by atoms with E-state index in [2.05, 4.69) is 24.5 Å². The van der Waals surface area contributed by atoms with Crippen LogP contribution in [0.15, 0.2) is 48.5 Å². The van der Waals surface area contributed by atoms with Gasteiger partial charge in [-0.1, -0.05) is 55.8 Å². The highest BCUT2D eigenvalue weighted by Gasteiger charge is 2.22. The number of amides is 2. The second kappa shape index (κ2) is 16.8. The van der Waals surface area contributed by atoms with Crippen LogP contribution in [-0.2, 0) is 22.6 Å². The van der Waals surface area contributed by atoms with Gasteiger partial charge in [-0.3, -0.25) is 9.59 Å². The Bertz CT molecular complexity index is 942. The maximum Gasteiger partial charge on any atom is 0.222 e. The minimum absolute atomic E-state index is 0.106. The second-order valence-corrected chi connectivity index (χ2v) is 9.65. The van der Waals surface area contributed by atoms with E-state index in [1.807, 2.05) is 60.4 Å². The van der Waals surface area contributed by atoms with Gasteiger partial charge in [0.1, 0.15) is 5.75 Å². The van der Waals surface area contributed by atoms with E-state index in [9.17, 15) is 14.7 Å². The van der Waals surface area contributed by atoms with Crippen LogP contribution in [0.3, 0.4) is 0 Å². The van der Waals surface area contributed by atoms with Gasteiger partial charge < -0.3 is 25.4 Å². The molecular formula is C30H45N3O4. The van der Waals surface area contributed by atoms with E-state index in [1.54, 1.807) is 7.11 Å². The Morgan fingerprint density at radius 2 is 1.70 bits per heavy atom. The summed E-state index contributed by atoms with van der Waals surface area (Å²) in [6.45, 7) is 8.58. The minimum atomic E-state index is -0.776. The number of carbonyl (C=O) groups is 2. The zero-order valence-corrected chi connectivity index (χ0v) is 23.0. The molecule has 0 aromatic heterocycles. The van der Waals surface area contributed by atoms with Crippen LogP contribution in [0, 0.1) is 6.92 Å². The molecule has 2 aromatic rings. The van der Waals surface area contributed by atoms with Crippen molar-refractivity contribution >= 4 is 11.8 Å². The number of aryl methyl sites for hydroxylation is 1. The topological polar surface area (TPSA) is 90.9 Å². The summed E-state index contributed by atoms with van der Waals surface area (Å²) in [5, 5.41) is 17.3. The molecule has 0 spiro atoms. The Labute approximate surface area is 222 Å². The largest absolute Gasteiger partial charge is 0.497 e. The summed E-state index contributed by atoms with van der Waals surface area (Å²) in [7, 11) is 1.64. The zero-order chi connectivity index (χ0) is 27.0. The van der Waals surface area contributed by atoms with Crippen molar-refractivity contribution in [2.75, 3.05) is 26.7 Å². The lowest BCUT2D eigenvalue weighted by molar-refractivity contribution is -0.131. The molecule has 0 unspecified atom stereocenters. The van der Waals surface area contributed by atoms with Gasteiger partial charge in [-0.05, 0) is 55.9 Å². The van der Waals surface area contributed by atoms with Crippen molar-refractivity contribution < 1.29 is 19.4 Å². The molecule has 0 radical (unpaired) electrons. The van der Waals surface area contributed by atoms with Gasteiger partial charge >= 0.3 is 0 Å². The van der Waals surface area contributed by atoms with E-state index in [4.69, 9.17) is 4.74 Å². The number of benzene rings is 2. The summed E-state index contributed by atoms with van der Waals surface area (Å²) in [6.07, 6.45) is 2.71. The molecule has 7 heteroatoms. The van der Waals surface area contributed by atoms with E-state index in [0.29, 0.717) is 32.4 Å². The number of hydrogen-bond donors (Lipinski definition) is 3. The van der Waals surface area contributed by atoms with Crippen LogP contribution in [-0.4, -0.2) is 60.7 Å². The first-order chi connectivity index (χ1) is 17.9. The van der Waals surface area contributed by atoms with Crippen LogP contribution in [0.1, 0.15) is 62.6 Å². The number of carbonyl (C=O) groups excluding carboxylic acids is 2. The van der Waals surface area contributed by atoms with Gasteiger partial charge in [0.2, 0.25) is 11.8 Å². The molecule has 7 nitrogen and oxygen atoms in total. The van der Waals surface area contributed by atoms with Crippen molar-refractivity contribution in [2.24, 2.45) is 0 Å². The fourth-order valence-electron chi connectivity index (χ4n) is 4.29. The number of methoxy groups -OCH3 is 1. The molecule has 2 rings (SSSR count). The molecule has 0 fully saturated rings. The first-order valence-corrected chi connectivity index (χ1v) is 13.5. The smallest absolute Gasteiger partial charge is 0.222 e. The fourth-order valence-corrected chi connectivity index (χ4v) is 4.29. The molecule has 0 aliphatic rings. The lowest BCUT2D eigenvalue weighted by atomic mass is 9.99. The lowest BCUT2D eigenvalue weighted by Gasteiger charge is -2.25. The number of nitrogens with one attached hydrogen (secondary N) is 2. The van der Waals surface area contributed by atoms with Gasteiger partial charge in [-0.25, -0.2) is 0 Å². The Morgan fingerprint density at radius 1 is 1.00 bits per heavy atom. The predicted octanol–water partition coefficient (Wildman–Crippen LogP) is 4.00. The number of ether oxygens (including phenoxy) is 1. The molecule has 204 valence electrons. The predicted molar refractivity (Wildman–Crippen MR) is 149 cm³/mol. The van der Waals surface area contributed by atoms with Crippen LogP contribution in [0.4, 0.5) is 0 Å². The standard InChI is InChI=1S/C30H45N3O4/c1-5-17-33(18-6-2)30(36)12-8-11-29(35)32-27(20-24-15-13-23(3)14-16-24)28(34)22-31-21-25-9-7-10-26(19-25)37-4/h7,9-10,13-16,19,27-28,31,34H,5-6,8,11-12,17-18,20-22H2,1-4H3,(H,32,35)/t27-,28+/m1/s1. The van der Waals surface area contributed by atoms with E-state index >= 15 is 0 Å². The molecule has 2 atom stereocenters. The van der Waals surface area contributed by atoms with Crippen molar-refractivity contribution in [3.8, 4) is 5.75 Å². The maximum atomic E-state index is 12.8. The monoisotopic (exact) mass is 511 g/mol. The summed E-state index contributed by atoms with van der Waals surface area (Å²) >= 11 is 0. The van der Waals surface area contributed by atoms with Gasteiger partial charge in [0.15, 0.2) is 0 Å². The van der Waals surface area contributed by atoms with Crippen LogP contribution < -0.4 is 15.4 Å². The van der Waals surface area contributed by atoms with Crippen LogP contribution in [0.25, 0.3) is 0 Å². The van der Waals surface area contributed by atoms with E-state index in [1.165, 1.54) is 0 Å². The van der Waals surface area contributed by atoms with Crippen LogP contribution >= 0.6 is 0 Å². The number of nitrogens with zero attached hydrogens (tertiary/aromatic N) is 1. The number of aliphatic hydroxyl groups excluding tert-OH is 1. The highest BCUT2D eigenvalue weighted by atomic mass is 16.5. The summed E-state index contributed by atoms with van der Waals surface area (Å²) in [4.78, 5) is 27.2. The second-order valence-electron chi connectivity index (χ2n) is 9.65. The van der Waals surface area contributed by atoms with Gasteiger partial charge in [-0.2, -0.15) is 0 Å². The summed E-state index contributed by atoms with van der Waals surface area (Å²) in [5.74, 6) is 0.749. The molecule has 0 aliphatic heterocycles. The zero-order valence-electron chi connectivity index (χ0n) is 23.0. The third-order valence-corrected chi connectivity index (χ3v) is 6.34. The molecule has 37 heavy (non-hydrogen) atoms. The Morgan fingerprint density at radius 3 is 2.35 bits per heavy atom. The van der Waals surface area contributed by atoms with Gasteiger partial charge in [0, 0.05) is 39.0 Å². The molecule has 2 amide bonds. The van der Waals surface area contributed by atoms with E-state index in [0.717, 1.165) is 48.4 Å². The first kappa shape index (κ1) is 30.3. The van der Waals surface area contributed by atoms with Crippen molar-refractivity contribution in [3.63, 3.8) is 0 Å². The van der Waals surface area contributed by atoms with Crippen molar-refractivity contribution in [1.29, 1.82) is 0 Å². The van der Waals surface area contributed by atoms with Crippen LogP contribution in [0.2, 0.25) is 0 Å². The summed E-state index contributed by atoms with van der Waals surface area (Å²) < 4.78 is 5.27. The van der Waals surface area contributed by atoms with Crippen molar-refractivity contribution in [2.45, 2.75) is 78.0 Å². The third-order valence-electron chi connectivity index (χ3n) is 6.34. The minimum Gasteiger partial charge on any atom is -0.497 e. The van der Waals surface area contributed by atoms with Crippen LogP contribution in [0.5, 0.6) is 5.75 Å². The molecule has 0 saturated carbocycles. The highest BCUT2D eigenvalue weighted by Crippen LogP contribution is 2.13. The lowest BCUT2D eigenvalue weighted by Crippen LogP contribution is -2.48. The average molecular weight is 512 g/mol. The average Bonchev–Trinajstić information content (AvgIpc) is 2.89. The van der Waals surface area contributed by atoms with Crippen molar-refractivity contribution in [3.05, 3.63) is 65.2 Å². The third kappa shape index (κ3) is 11.4. The van der Waals surface area contributed by atoms with E-state index < -0.39 is 12.1 Å². The van der Waals surface area contributed by atoms with Gasteiger partial charge in [0.25, 0.3) is 0 Å². The Balaban J connectivity index is 1.92. The summed E-state index contributed by atoms with van der Waals surface area (Å²) in [6, 6.07) is 15.5. The molecule has 0 heterocycles. The highest BCUT2D eigenvalue weighted by molar-refractivity contribution is 5.79. The maximum absolute atomic E-state index is 12.8. The number of rotatable bonds is 17.